The Balaban J connectivity index is 1.65. The molecule has 1 aliphatic rings. The summed E-state index contributed by atoms with van der Waals surface area (Å²) in [6.45, 7) is 2.55. The Hall–Kier alpha value is -1.86. The van der Waals surface area contributed by atoms with Crippen molar-refractivity contribution in [1.29, 1.82) is 0 Å². The van der Waals surface area contributed by atoms with Gasteiger partial charge < -0.3 is 10.0 Å². The third-order valence-electron chi connectivity index (χ3n) is 3.98. The average molecular weight is 332 g/mol. The smallest absolute Gasteiger partial charge is 0.228 e. The zero-order valence-corrected chi connectivity index (χ0v) is 13.9. The molecule has 2 aromatic heterocycles. The van der Waals surface area contributed by atoms with Crippen LogP contribution in [-0.4, -0.2) is 49.6 Å². The van der Waals surface area contributed by atoms with Gasteiger partial charge in [0.2, 0.25) is 5.91 Å². The highest BCUT2D eigenvalue weighted by atomic mass is 32.1. The highest BCUT2D eigenvalue weighted by Gasteiger charge is 2.29. The van der Waals surface area contributed by atoms with Crippen molar-refractivity contribution in [3.63, 3.8) is 0 Å². The number of amides is 1. The number of carbonyl (C=O) groups excluding carboxylic acids is 1. The number of hydrogen-bond donors (Lipinski definition) is 1. The lowest BCUT2D eigenvalue weighted by Gasteiger charge is -2.25. The third kappa shape index (κ3) is 3.92. The van der Waals surface area contributed by atoms with Crippen LogP contribution in [0.25, 0.3) is 10.7 Å². The lowest BCUT2D eigenvalue weighted by Crippen LogP contribution is -2.38. The molecule has 1 N–H and O–H groups in total. The Labute approximate surface area is 139 Å². The Morgan fingerprint density at radius 3 is 3.13 bits per heavy atom. The minimum Gasteiger partial charge on any atom is -0.393 e. The molecule has 23 heavy (non-hydrogen) atoms. The quantitative estimate of drug-likeness (QED) is 0.905. The number of likely N-dealkylation sites (tertiary alicyclic amines) is 1. The molecule has 1 fully saturated rings. The van der Waals surface area contributed by atoms with Gasteiger partial charge in [0, 0.05) is 30.4 Å². The molecule has 0 aromatic carbocycles. The molecule has 0 aliphatic carbocycles. The van der Waals surface area contributed by atoms with E-state index in [1.807, 2.05) is 10.3 Å². The number of thiazole rings is 1. The van der Waals surface area contributed by atoms with Crippen LogP contribution in [-0.2, 0) is 11.2 Å². The summed E-state index contributed by atoms with van der Waals surface area (Å²) in [5.74, 6) is 0.0872. The Bertz CT molecular complexity index is 659. The summed E-state index contributed by atoms with van der Waals surface area (Å²) in [5.41, 5.74) is 1.49. The predicted molar refractivity (Wildman–Crippen MR) is 87.9 cm³/mol. The lowest BCUT2D eigenvalue weighted by molar-refractivity contribution is -0.131. The number of aliphatic hydroxyl groups is 1. The number of hydrogen-bond acceptors (Lipinski definition) is 6. The molecule has 0 spiro atoms. The number of rotatable bonds is 5. The van der Waals surface area contributed by atoms with E-state index in [4.69, 9.17) is 0 Å². The van der Waals surface area contributed by atoms with Gasteiger partial charge in [-0.2, -0.15) is 0 Å². The van der Waals surface area contributed by atoms with E-state index in [1.165, 1.54) is 11.3 Å². The topological polar surface area (TPSA) is 79.2 Å². The zero-order valence-electron chi connectivity index (χ0n) is 13.1. The predicted octanol–water partition coefficient (Wildman–Crippen LogP) is 1.90. The van der Waals surface area contributed by atoms with Crippen molar-refractivity contribution in [2.75, 3.05) is 6.54 Å². The van der Waals surface area contributed by atoms with Crippen molar-refractivity contribution in [1.82, 2.24) is 19.9 Å². The van der Waals surface area contributed by atoms with Gasteiger partial charge >= 0.3 is 0 Å². The molecule has 7 heteroatoms. The first-order valence-electron chi connectivity index (χ1n) is 7.82. The van der Waals surface area contributed by atoms with E-state index < -0.39 is 0 Å². The van der Waals surface area contributed by atoms with Gasteiger partial charge in [0.15, 0.2) is 0 Å². The first-order chi connectivity index (χ1) is 11.1. The molecule has 1 saturated heterocycles. The van der Waals surface area contributed by atoms with Crippen molar-refractivity contribution >= 4 is 17.2 Å². The molecule has 1 aliphatic heterocycles. The molecule has 2 atom stereocenters. The lowest BCUT2D eigenvalue weighted by atomic mass is 10.1. The number of carbonyl (C=O) groups is 1. The molecule has 122 valence electrons. The first-order valence-corrected chi connectivity index (χ1v) is 8.70. The third-order valence-corrected chi connectivity index (χ3v) is 4.89. The van der Waals surface area contributed by atoms with Gasteiger partial charge in [-0.25, -0.2) is 4.98 Å². The molecule has 0 bridgehead atoms. The molecule has 3 rings (SSSR count). The van der Waals surface area contributed by atoms with Gasteiger partial charge in [0.05, 0.1) is 24.4 Å². The van der Waals surface area contributed by atoms with Gasteiger partial charge in [-0.1, -0.05) is 0 Å². The Morgan fingerprint density at radius 2 is 2.39 bits per heavy atom. The van der Waals surface area contributed by atoms with Crippen LogP contribution in [0.2, 0.25) is 0 Å². The molecule has 6 nitrogen and oxygen atoms in total. The minimum absolute atomic E-state index is 0.0872. The van der Waals surface area contributed by atoms with E-state index in [-0.39, 0.29) is 18.1 Å². The first kappa shape index (κ1) is 16.0. The summed E-state index contributed by atoms with van der Waals surface area (Å²) in [6.07, 6.45) is 7.47. The summed E-state index contributed by atoms with van der Waals surface area (Å²) in [6, 6.07) is 0.153. The number of nitrogens with zero attached hydrogens (tertiary/aromatic N) is 4. The van der Waals surface area contributed by atoms with Crippen LogP contribution < -0.4 is 0 Å². The Kier molecular flexibility index (Phi) is 4.97. The summed E-state index contributed by atoms with van der Waals surface area (Å²) < 4.78 is 0. The maximum atomic E-state index is 12.5. The van der Waals surface area contributed by atoms with Gasteiger partial charge in [-0.3, -0.25) is 14.8 Å². The summed E-state index contributed by atoms with van der Waals surface area (Å²) in [4.78, 5) is 27.2. The zero-order chi connectivity index (χ0) is 16.2. The molecule has 0 saturated carbocycles. The number of aliphatic hydroxyl groups excluding tert-OH is 1. The van der Waals surface area contributed by atoms with Crippen molar-refractivity contribution in [2.45, 2.75) is 44.8 Å². The fourth-order valence-corrected chi connectivity index (χ4v) is 3.75. The fraction of sp³-hybridized carbons (Fsp3) is 0.500. The van der Waals surface area contributed by atoms with Gasteiger partial charge in [-0.05, 0) is 26.2 Å². The molecule has 3 heterocycles. The van der Waals surface area contributed by atoms with E-state index >= 15 is 0 Å². The van der Waals surface area contributed by atoms with Crippen LogP contribution in [0, 0.1) is 0 Å². The van der Waals surface area contributed by atoms with Crippen LogP contribution in [0.1, 0.15) is 31.9 Å². The molecular weight excluding hydrogens is 312 g/mol. The van der Waals surface area contributed by atoms with Gasteiger partial charge in [0.25, 0.3) is 0 Å². The second kappa shape index (κ2) is 7.14. The van der Waals surface area contributed by atoms with Crippen molar-refractivity contribution < 1.29 is 9.90 Å². The summed E-state index contributed by atoms with van der Waals surface area (Å²) in [5, 5.41) is 12.3. The molecule has 0 radical (unpaired) electrons. The second-order valence-electron chi connectivity index (χ2n) is 5.88. The standard InChI is InChI=1S/C16H20N4O2S/c1-11(21)7-13-3-2-6-20(13)15(22)8-12-10-23-16(19-12)14-9-17-4-5-18-14/h4-5,9-11,13,21H,2-3,6-8H2,1H3. The average Bonchev–Trinajstić information content (AvgIpc) is 3.17. The SMILES string of the molecule is CC(O)CC1CCCN1C(=O)Cc1csc(-c2cnccn2)n1. The van der Waals surface area contributed by atoms with Crippen LogP contribution in [0.15, 0.2) is 24.0 Å². The van der Waals surface area contributed by atoms with E-state index in [0.717, 1.165) is 35.8 Å². The maximum Gasteiger partial charge on any atom is 0.228 e. The van der Waals surface area contributed by atoms with E-state index in [0.29, 0.717) is 12.8 Å². The van der Waals surface area contributed by atoms with Crippen LogP contribution >= 0.6 is 11.3 Å². The summed E-state index contributed by atoms with van der Waals surface area (Å²) >= 11 is 1.47. The highest BCUT2D eigenvalue weighted by Crippen LogP contribution is 2.24. The highest BCUT2D eigenvalue weighted by molar-refractivity contribution is 7.13. The van der Waals surface area contributed by atoms with Crippen molar-refractivity contribution in [3.8, 4) is 10.7 Å². The molecular formula is C16H20N4O2S. The second-order valence-corrected chi connectivity index (χ2v) is 6.74. The minimum atomic E-state index is -0.379. The normalized spacial score (nSPS) is 19.0. The van der Waals surface area contributed by atoms with Crippen LogP contribution in [0.3, 0.4) is 0 Å². The largest absolute Gasteiger partial charge is 0.393 e. The maximum absolute atomic E-state index is 12.5. The Morgan fingerprint density at radius 1 is 1.52 bits per heavy atom. The molecule has 2 aromatic rings. The monoisotopic (exact) mass is 332 g/mol. The van der Waals surface area contributed by atoms with Crippen LogP contribution in [0.4, 0.5) is 0 Å². The van der Waals surface area contributed by atoms with Gasteiger partial charge in [0.1, 0.15) is 10.7 Å². The van der Waals surface area contributed by atoms with E-state index in [1.54, 1.807) is 25.5 Å². The van der Waals surface area contributed by atoms with Crippen molar-refractivity contribution in [3.05, 3.63) is 29.7 Å². The van der Waals surface area contributed by atoms with Gasteiger partial charge in [-0.15, -0.1) is 11.3 Å². The van der Waals surface area contributed by atoms with E-state index in [2.05, 4.69) is 15.0 Å². The molecule has 2 unspecified atom stereocenters. The van der Waals surface area contributed by atoms with Crippen LogP contribution in [0.5, 0.6) is 0 Å². The van der Waals surface area contributed by atoms with Crippen molar-refractivity contribution in [2.24, 2.45) is 0 Å². The van der Waals surface area contributed by atoms with E-state index in [9.17, 15) is 9.90 Å². The number of aromatic nitrogens is 3. The fourth-order valence-electron chi connectivity index (χ4n) is 2.97. The molecule has 1 amide bonds. The summed E-state index contributed by atoms with van der Waals surface area (Å²) in [7, 11) is 0.